The lowest BCUT2D eigenvalue weighted by atomic mass is 10.0. The normalized spacial score (nSPS) is 17.4. The first kappa shape index (κ1) is 24.9. The molecular weight excluding hydrogens is 368 g/mol. The monoisotopic (exact) mass is 414 g/mol. The second-order valence-electron chi connectivity index (χ2n) is 9.14. The standard InChI is InChI=1S/C27H46N2O/c1-3-5-6-7-8-9-10-11-12-13-17-20-27(30)29-22-21-28(26(4-2)24-29)23-25-18-15-14-16-19-25/h14-16,18-19,26H,3-13,17,20-24H2,1-2H3. The number of unbranched alkanes of at least 4 members (excludes halogenated alkanes) is 10. The lowest BCUT2D eigenvalue weighted by molar-refractivity contribution is -0.134. The molecule has 30 heavy (non-hydrogen) atoms. The maximum absolute atomic E-state index is 12.7. The van der Waals surface area contributed by atoms with Crippen molar-refractivity contribution in [2.24, 2.45) is 0 Å². The summed E-state index contributed by atoms with van der Waals surface area (Å²) in [5.74, 6) is 0.378. The minimum atomic E-state index is 0.378. The highest BCUT2D eigenvalue weighted by Crippen LogP contribution is 2.18. The zero-order valence-corrected chi connectivity index (χ0v) is 19.8. The number of amides is 1. The van der Waals surface area contributed by atoms with Gasteiger partial charge in [0.25, 0.3) is 0 Å². The molecule has 0 radical (unpaired) electrons. The molecule has 0 aromatic heterocycles. The molecule has 1 aliphatic heterocycles. The van der Waals surface area contributed by atoms with Gasteiger partial charge in [-0.3, -0.25) is 9.69 Å². The third kappa shape index (κ3) is 9.64. The van der Waals surface area contributed by atoms with Crippen molar-refractivity contribution in [1.82, 2.24) is 9.80 Å². The van der Waals surface area contributed by atoms with Crippen LogP contribution in [0.1, 0.15) is 103 Å². The molecule has 1 aromatic carbocycles. The fourth-order valence-electron chi connectivity index (χ4n) is 4.63. The number of hydrogen-bond acceptors (Lipinski definition) is 2. The Morgan fingerprint density at radius 3 is 2.03 bits per heavy atom. The van der Waals surface area contributed by atoms with E-state index in [0.717, 1.165) is 45.4 Å². The second kappa shape index (κ2) is 15.5. The van der Waals surface area contributed by atoms with E-state index in [4.69, 9.17) is 0 Å². The second-order valence-corrected chi connectivity index (χ2v) is 9.14. The highest BCUT2D eigenvalue weighted by atomic mass is 16.2. The van der Waals surface area contributed by atoms with Gasteiger partial charge in [0.1, 0.15) is 0 Å². The summed E-state index contributed by atoms with van der Waals surface area (Å²) in [4.78, 5) is 17.4. The number of carbonyl (C=O) groups excluding carboxylic acids is 1. The molecule has 1 aromatic rings. The number of carbonyl (C=O) groups is 1. The van der Waals surface area contributed by atoms with E-state index in [1.54, 1.807) is 0 Å². The van der Waals surface area contributed by atoms with Crippen molar-refractivity contribution in [3.8, 4) is 0 Å². The Bertz CT molecular complexity index is 559. The number of benzene rings is 1. The summed E-state index contributed by atoms with van der Waals surface area (Å²) in [5, 5.41) is 0. The van der Waals surface area contributed by atoms with Gasteiger partial charge < -0.3 is 4.90 Å². The molecule has 0 saturated carbocycles. The van der Waals surface area contributed by atoms with Crippen molar-refractivity contribution in [2.75, 3.05) is 19.6 Å². The van der Waals surface area contributed by atoms with Crippen LogP contribution < -0.4 is 0 Å². The molecule has 1 unspecified atom stereocenters. The van der Waals surface area contributed by atoms with Crippen molar-refractivity contribution < 1.29 is 4.79 Å². The van der Waals surface area contributed by atoms with E-state index in [1.807, 2.05) is 0 Å². The molecule has 0 spiro atoms. The smallest absolute Gasteiger partial charge is 0.222 e. The van der Waals surface area contributed by atoms with E-state index in [0.29, 0.717) is 11.9 Å². The van der Waals surface area contributed by atoms with Crippen LogP contribution in [0.2, 0.25) is 0 Å². The van der Waals surface area contributed by atoms with Gasteiger partial charge in [-0.15, -0.1) is 0 Å². The van der Waals surface area contributed by atoms with E-state index in [1.165, 1.54) is 69.8 Å². The highest BCUT2D eigenvalue weighted by molar-refractivity contribution is 5.76. The fraction of sp³-hybridized carbons (Fsp3) is 0.741. The first-order valence-electron chi connectivity index (χ1n) is 12.8. The molecule has 1 fully saturated rings. The topological polar surface area (TPSA) is 23.6 Å². The molecule has 1 aliphatic rings. The molecule has 1 saturated heterocycles. The van der Waals surface area contributed by atoms with Crippen LogP contribution in [0, 0.1) is 0 Å². The van der Waals surface area contributed by atoms with Gasteiger partial charge in [0, 0.05) is 38.6 Å². The van der Waals surface area contributed by atoms with Crippen LogP contribution in [-0.4, -0.2) is 41.4 Å². The predicted molar refractivity (Wildman–Crippen MR) is 129 cm³/mol. The number of nitrogens with zero attached hydrogens (tertiary/aromatic N) is 2. The van der Waals surface area contributed by atoms with Gasteiger partial charge in [-0.25, -0.2) is 0 Å². The Morgan fingerprint density at radius 1 is 0.833 bits per heavy atom. The molecule has 3 nitrogen and oxygen atoms in total. The zero-order chi connectivity index (χ0) is 21.4. The Kier molecular flexibility index (Phi) is 12.8. The molecule has 2 rings (SSSR count). The SMILES string of the molecule is CCCCCCCCCCCCCC(=O)N1CCN(Cc2ccccc2)C(CC)C1. The third-order valence-electron chi connectivity index (χ3n) is 6.65. The summed E-state index contributed by atoms with van der Waals surface area (Å²) in [6.45, 7) is 8.32. The van der Waals surface area contributed by atoms with Crippen LogP contribution in [-0.2, 0) is 11.3 Å². The zero-order valence-electron chi connectivity index (χ0n) is 19.8. The molecule has 0 bridgehead atoms. The van der Waals surface area contributed by atoms with Crippen LogP contribution in [0.4, 0.5) is 0 Å². The first-order chi connectivity index (χ1) is 14.7. The van der Waals surface area contributed by atoms with E-state index in [2.05, 4.69) is 54.0 Å². The van der Waals surface area contributed by atoms with Crippen molar-refractivity contribution in [3.05, 3.63) is 35.9 Å². The van der Waals surface area contributed by atoms with E-state index >= 15 is 0 Å². The molecule has 170 valence electrons. The van der Waals surface area contributed by atoms with E-state index in [-0.39, 0.29) is 0 Å². The number of piperazine rings is 1. The molecule has 1 atom stereocenters. The Balaban J connectivity index is 1.55. The van der Waals surface area contributed by atoms with Crippen molar-refractivity contribution in [1.29, 1.82) is 0 Å². The van der Waals surface area contributed by atoms with Gasteiger partial charge in [0.05, 0.1) is 0 Å². The fourth-order valence-corrected chi connectivity index (χ4v) is 4.63. The summed E-state index contributed by atoms with van der Waals surface area (Å²) < 4.78 is 0. The van der Waals surface area contributed by atoms with E-state index in [9.17, 15) is 4.79 Å². The van der Waals surface area contributed by atoms with Crippen LogP contribution in [0.25, 0.3) is 0 Å². The average Bonchev–Trinajstić information content (AvgIpc) is 2.78. The van der Waals surface area contributed by atoms with Crippen molar-refractivity contribution in [3.63, 3.8) is 0 Å². The Hall–Kier alpha value is -1.35. The molecule has 1 amide bonds. The summed E-state index contributed by atoms with van der Waals surface area (Å²) in [6, 6.07) is 11.2. The van der Waals surface area contributed by atoms with E-state index < -0.39 is 0 Å². The summed E-state index contributed by atoms with van der Waals surface area (Å²) in [7, 11) is 0. The Morgan fingerprint density at radius 2 is 1.43 bits per heavy atom. The maximum atomic E-state index is 12.7. The Labute approximate surface area is 186 Å². The third-order valence-corrected chi connectivity index (χ3v) is 6.65. The summed E-state index contributed by atoms with van der Waals surface area (Å²) in [5.41, 5.74) is 1.37. The van der Waals surface area contributed by atoms with Gasteiger partial charge in [-0.1, -0.05) is 108 Å². The molecule has 1 heterocycles. The lowest BCUT2D eigenvalue weighted by Crippen LogP contribution is -2.54. The van der Waals surface area contributed by atoms with Crippen molar-refractivity contribution in [2.45, 2.75) is 110 Å². The quantitative estimate of drug-likeness (QED) is 0.294. The largest absolute Gasteiger partial charge is 0.340 e. The van der Waals surface area contributed by atoms with Gasteiger partial charge in [0.2, 0.25) is 5.91 Å². The van der Waals surface area contributed by atoms with Gasteiger partial charge in [0.15, 0.2) is 0 Å². The minimum Gasteiger partial charge on any atom is -0.340 e. The highest BCUT2D eigenvalue weighted by Gasteiger charge is 2.27. The summed E-state index contributed by atoms with van der Waals surface area (Å²) in [6.07, 6.45) is 16.5. The van der Waals surface area contributed by atoms with Crippen molar-refractivity contribution >= 4 is 5.91 Å². The lowest BCUT2D eigenvalue weighted by Gasteiger charge is -2.41. The molecular formula is C27H46N2O. The molecule has 0 N–H and O–H groups in total. The minimum absolute atomic E-state index is 0.378. The first-order valence-corrected chi connectivity index (χ1v) is 12.8. The number of rotatable bonds is 15. The van der Waals surface area contributed by atoms with Crippen LogP contribution in [0.3, 0.4) is 0 Å². The molecule has 3 heteroatoms. The van der Waals surface area contributed by atoms with Gasteiger partial charge in [-0.2, -0.15) is 0 Å². The van der Waals surface area contributed by atoms with Gasteiger partial charge >= 0.3 is 0 Å². The van der Waals surface area contributed by atoms with Crippen LogP contribution >= 0.6 is 0 Å². The molecule has 0 aliphatic carbocycles. The maximum Gasteiger partial charge on any atom is 0.222 e. The van der Waals surface area contributed by atoms with Crippen LogP contribution in [0.5, 0.6) is 0 Å². The summed E-state index contributed by atoms with van der Waals surface area (Å²) >= 11 is 0. The van der Waals surface area contributed by atoms with Crippen LogP contribution in [0.15, 0.2) is 30.3 Å². The predicted octanol–water partition coefficient (Wildman–Crippen LogP) is 6.81. The average molecular weight is 415 g/mol. The number of hydrogen-bond donors (Lipinski definition) is 0. The van der Waals surface area contributed by atoms with Gasteiger partial charge in [-0.05, 0) is 18.4 Å².